The van der Waals surface area contributed by atoms with Crippen molar-refractivity contribution in [1.82, 2.24) is 0 Å². The van der Waals surface area contributed by atoms with Gasteiger partial charge in [0.1, 0.15) is 5.56 Å². The third kappa shape index (κ3) is 1.62. The molecule has 0 spiro atoms. The molecular formula is C14H7F2NO2. The number of carbonyl (C=O) groups is 1. The van der Waals surface area contributed by atoms with Crippen LogP contribution < -0.4 is 0 Å². The van der Waals surface area contributed by atoms with Gasteiger partial charge in [-0.1, -0.05) is 12.1 Å². The number of benzene rings is 2. The van der Waals surface area contributed by atoms with Gasteiger partial charge in [-0.05, 0) is 24.3 Å². The molecule has 1 aliphatic heterocycles. The SMILES string of the molecule is O=C1C(c2ccc(F)c(F)c2)=[N+]([O-])c2ccccc21. The van der Waals surface area contributed by atoms with Gasteiger partial charge in [-0.2, -0.15) is 4.74 Å². The monoisotopic (exact) mass is 259 g/mol. The molecule has 94 valence electrons. The minimum atomic E-state index is -1.10. The fourth-order valence-electron chi connectivity index (χ4n) is 2.07. The summed E-state index contributed by atoms with van der Waals surface area (Å²) >= 11 is 0. The Morgan fingerprint density at radius 3 is 2.42 bits per heavy atom. The van der Waals surface area contributed by atoms with E-state index in [0.29, 0.717) is 4.74 Å². The Bertz CT molecular complexity index is 738. The van der Waals surface area contributed by atoms with Crippen LogP contribution in [-0.4, -0.2) is 16.2 Å². The number of halogens is 2. The van der Waals surface area contributed by atoms with Crippen molar-refractivity contribution in [3.8, 4) is 0 Å². The molecule has 1 aliphatic rings. The van der Waals surface area contributed by atoms with Crippen LogP contribution in [0.5, 0.6) is 0 Å². The number of nitrogens with zero attached hydrogens (tertiary/aromatic N) is 1. The van der Waals surface area contributed by atoms with Crippen molar-refractivity contribution in [1.29, 1.82) is 0 Å². The Morgan fingerprint density at radius 2 is 1.74 bits per heavy atom. The molecule has 3 nitrogen and oxygen atoms in total. The minimum Gasteiger partial charge on any atom is -0.618 e. The van der Waals surface area contributed by atoms with Gasteiger partial charge in [-0.25, -0.2) is 8.78 Å². The molecule has 2 aromatic carbocycles. The second-order valence-corrected chi connectivity index (χ2v) is 4.12. The molecule has 1 heterocycles. The number of carbonyl (C=O) groups excluding carboxylic acids is 1. The van der Waals surface area contributed by atoms with Gasteiger partial charge in [0.15, 0.2) is 11.6 Å². The zero-order valence-corrected chi connectivity index (χ0v) is 9.56. The van der Waals surface area contributed by atoms with E-state index in [1.54, 1.807) is 12.1 Å². The molecule has 0 saturated carbocycles. The van der Waals surface area contributed by atoms with Crippen molar-refractivity contribution < 1.29 is 18.3 Å². The number of ketones is 1. The first-order valence-corrected chi connectivity index (χ1v) is 5.53. The van der Waals surface area contributed by atoms with Gasteiger partial charge in [0.2, 0.25) is 5.69 Å². The summed E-state index contributed by atoms with van der Waals surface area (Å²) in [6.07, 6.45) is 0. The van der Waals surface area contributed by atoms with Crippen LogP contribution in [0.4, 0.5) is 14.5 Å². The summed E-state index contributed by atoms with van der Waals surface area (Å²) in [5, 5.41) is 12.0. The molecule has 0 aromatic heterocycles. The number of para-hydroxylation sites is 1. The standard InChI is InChI=1S/C14H7F2NO2/c15-10-6-5-8(7-11(10)16)13-14(18)9-3-1-2-4-12(9)17(13)19/h1-7H. The van der Waals surface area contributed by atoms with Crippen molar-refractivity contribution in [3.63, 3.8) is 0 Å². The zero-order chi connectivity index (χ0) is 13.6. The van der Waals surface area contributed by atoms with Crippen molar-refractivity contribution in [2.45, 2.75) is 0 Å². The molecule has 0 bridgehead atoms. The zero-order valence-electron chi connectivity index (χ0n) is 9.56. The van der Waals surface area contributed by atoms with Crippen LogP contribution in [0.3, 0.4) is 0 Å². The topological polar surface area (TPSA) is 43.1 Å². The van der Waals surface area contributed by atoms with Crippen LogP contribution in [0.2, 0.25) is 0 Å². The molecule has 0 fully saturated rings. The van der Waals surface area contributed by atoms with Crippen LogP contribution in [0.15, 0.2) is 42.5 Å². The van der Waals surface area contributed by atoms with E-state index in [2.05, 4.69) is 0 Å². The van der Waals surface area contributed by atoms with E-state index < -0.39 is 17.4 Å². The first-order chi connectivity index (χ1) is 9.09. The maximum absolute atomic E-state index is 13.2. The van der Waals surface area contributed by atoms with Gasteiger partial charge in [0, 0.05) is 6.07 Å². The first-order valence-electron chi connectivity index (χ1n) is 5.53. The predicted molar refractivity (Wildman–Crippen MR) is 64.5 cm³/mol. The van der Waals surface area contributed by atoms with Gasteiger partial charge < -0.3 is 5.21 Å². The molecule has 19 heavy (non-hydrogen) atoms. The van der Waals surface area contributed by atoms with E-state index in [1.165, 1.54) is 18.2 Å². The molecule has 0 amide bonds. The maximum Gasteiger partial charge on any atom is 0.273 e. The normalized spacial score (nSPS) is 13.9. The Kier molecular flexibility index (Phi) is 2.41. The maximum atomic E-state index is 13.2. The quantitative estimate of drug-likeness (QED) is 0.583. The fourth-order valence-corrected chi connectivity index (χ4v) is 2.07. The van der Waals surface area contributed by atoms with Gasteiger partial charge in [-0.15, -0.1) is 0 Å². The van der Waals surface area contributed by atoms with E-state index in [4.69, 9.17) is 0 Å². The van der Waals surface area contributed by atoms with Gasteiger partial charge in [0.25, 0.3) is 11.5 Å². The molecule has 0 atom stereocenters. The molecule has 3 rings (SSSR count). The van der Waals surface area contributed by atoms with Gasteiger partial charge in [0.05, 0.1) is 5.56 Å². The first kappa shape index (κ1) is 11.5. The number of Topliss-reactive ketones (excluding diaryl/α,β-unsaturated/α-hetero) is 1. The number of rotatable bonds is 1. The lowest BCUT2D eigenvalue weighted by molar-refractivity contribution is -0.355. The number of hydrogen-bond acceptors (Lipinski definition) is 2. The van der Waals surface area contributed by atoms with Crippen LogP contribution >= 0.6 is 0 Å². The second kappa shape index (κ2) is 3.98. The lowest BCUT2D eigenvalue weighted by Gasteiger charge is -2.02. The largest absolute Gasteiger partial charge is 0.618 e. The van der Waals surface area contributed by atoms with Crippen LogP contribution in [0.1, 0.15) is 15.9 Å². The predicted octanol–water partition coefficient (Wildman–Crippen LogP) is 2.79. The Balaban J connectivity index is 2.19. The minimum absolute atomic E-state index is 0.0649. The van der Waals surface area contributed by atoms with Crippen molar-refractivity contribution in [2.24, 2.45) is 0 Å². The Hall–Kier alpha value is -2.56. The summed E-state index contributed by atoms with van der Waals surface area (Å²) in [6, 6.07) is 9.25. The summed E-state index contributed by atoms with van der Waals surface area (Å²) in [5.41, 5.74) is 0.347. The molecular weight excluding hydrogens is 252 g/mol. The Morgan fingerprint density at radius 1 is 1.00 bits per heavy atom. The highest BCUT2D eigenvalue weighted by molar-refractivity contribution is 6.52. The van der Waals surface area contributed by atoms with Gasteiger partial charge in [-0.3, -0.25) is 4.79 Å². The lowest BCUT2D eigenvalue weighted by Crippen LogP contribution is -2.17. The molecule has 5 heteroatoms. The van der Waals surface area contributed by atoms with Crippen LogP contribution in [0, 0.1) is 16.8 Å². The second-order valence-electron chi connectivity index (χ2n) is 4.12. The highest BCUT2D eigenvalue weighted by atomic mass is 19.2. The fraction of sp³-hybridized carbons (Fsp3) is 0. The van der Waals surface area contributed by atoms with Crippen LogP contribution in [0.25, 0.3) is 0 Å². The summed E-state index contributed by atoms with van der Waals surface area (Å²) in [7, 11) is 0. The average Bonchev–Trinajstić information content (AvgIpc) is 2.66. The van der Waals surface area contributed by atoms with Crippen molar-refractivity contribution >= 4 is 17.2 Å². The molecule has 0 unspecified atom stereocenters. The molecule has 0 N–H and O–H groups in total. The number of hydrogen-bond donors (Lipinski definition) is 0. The lowest BCUT2D eigenvalue weighted by atomic mass is 10.0. The molecule has 0 aliphatic carbocycles. The highest BCUT2D eigenvalue weighted by Crippen LogP contribution is 2.27. The summed E-state index contributed by atoms with van der Waals surface area (Å²) in [4.78, 5) is 12.1. The van der Waals surface area contributed by atoms with Gasteiger partial charge >= 0.3 is 0 Å². The molecule has 0 saturated heterocycles. The van der Waals surface area contributed by atoms with Crippen molar-refractivity contribution in [2.75, 3.05) is 0 Å². The Labute approximate surface area is 107 Å². The van der Waals surface area contributed by atoms with Crippen LogP contribution in [-0.2, 0) is 0 Å². The van der Waals surface area contributed by atoms with E-state index in [1.807, 2.05) is 0 Å². The third-order valence-corrected chi connectivity index (χ3v) is 2.98. The summed E-state index contributed by atoms with van der Waals surface area (Å²) in [5.74, 6) is -2.61. The van der Waals surface area contributed by atoms with E-state index >= 15 is 0 Å². The molecule has 0 radical (unpaired) electrons. The third-order valence-electron chi connectivity index (χ3n) is 2.98. The highest BCUT2D eigenvalue weighted by Gasteiger charge is 2.36. The smallest absolute Gasteiger partial charge is 0.273 e. The van der Waals surface area contributed by atoms with Crippen molar-refractivity contribution in [3.05, 3.63) is 70.4 Å². The van der Waals surface area contributed by atoms with E-state index in [0.717, 1.165) is 12.1 Å². The molecule has 2 aromatic rings. The summed E-state index contributed by atoms with van der Waals surface area (Å²) in [6.45, 7) is 0. The summed E-state index contributed by atoms with van der Waals surface area (Å²) < 4.78 is 26.5. The van der Waals surface area contributed by atoms with E-state index in [9.17, 15) is 18.8 Å². The van der Waals surface area contributed by atoms with E-state index in [-0.39, 0.29) is 22.5 Å². The number of fused-ring (bicyclic) bond motifs is 1. The average molecular weight is 259 g/mol.